The van der Waals surface area contributed by atoms with Gasteiger partial charge in [0, 0.05) is 0 Å². The maximum absolute atomic E-state index is 9.88. The second-order valence-corrected chi connectivity index (χ2v) is 4.88. The molecule has 0 amide bonds. The fourth-order valence-corrected chi connectivity index (χ4v) is 4.12. The largest absolute Gasteiger partial charge is 0.393 e. The van der Waals surface area contributed by atoms with Crippen molar-refractivity contribution in [3.05, 3.63) is 0 Å². The predicted octanol–water partition coefficient (Wildman–Crippen LogP) is 1.95. The van der Waals surface area contributed by atoms with Crippen LogP contribution < -0.4 is 0 Å². The normalized spacial score (nSPS) is 60.3. The van der Waals surface area contributed by atoms with Crippen LogP contribution in [-0.2, 0) is 0 Å². The summed E-state index contributed by atoms with van der Waals surface area (Å²) in [5.74, 6) is 1.81. The summed E-state index contributed by atoms with van der Waals surface area (Å²) in [4.78, 5) is 0. The van der Waals surface area contributed by atoms with Crippen molar-refractivity contribution >= 4 is 0 Å². The summed E-state index contributed by atoms with van der Waals surface area (Å²) in [5, 5.41) is 9.88. The molecule has 3 saturated carbocycles. The van der Waals surface area contributed by atoms with E-state index in [0.717, 1.165) is 18.3 Å². The van der Waals surface area contributed by atoms with Crippen LogP contribution in [0.25, 0.3) is 0 Å². The smallest absolute Gasteiger partial charge is 0.0601 e. The molecule has 1 N–H and O–H groups in total. The van der Waals surface area contributed by atoms with Gasteiger partial charge in [-0.1, -0.05) is 6.42 Å². The molecule has 0 unspecified atom stereocenters. The summed E-state index contributed by atoms with van der Waals surface area (Å²) in [5.41, 5.74) is 0.435. The quantitative estimate of drug-likeness (QED) is 0.562. The first-order valence-electron chi connectivity index (χ1n) is 4.99. The molecule has 2 bridgehead atoms. The Morgan fingerprint density at radius 3 is 2.91 bits per heavy atom. The van der Waals surface area contributed by atoms with Crippen molar-refractivity contribution in [1.82, 2.24) is 0 Å². The molecular weight excluding hydrogens is 136 g/mol. The maximum Gasteiger partial charge on any atom is 0.0601 e. The molecule has 3 aliphatic rings. The summed E-state index contributed by atoms with van der Waals surface area (Å²) in [7, 11) is 0. The zero-order valence-corrected chi connectivity index (χ0v) is 6.92. The molecule has 1 nitrogen and oxygen atoms in total. The monoisotopic (exact) mass is 152 g/mol. The second kappa shape index (κ2) is 1.82. The Morgan fingerprint density at radius 1 is 1.27 bits per heavy atom. The van der Waals surface area contributed by atoms with Gasteiger partial charge >= 0.3 is 0 Å². The number of aliphatic hydroxyl groups is 1. The highest BCUT2D eigenvalue weighted by Gasteiger charge is 2.58. The van der Waals surface area contributed by atoms with Crippen LogP contribution in [0.1, 0.15) is 38.5 Å². The van der Waals surface area contributed by atoms with Crippen LogP contribution in [0, 0.1) is 17.3 Å². The lowest BCUT2D eigenvalue weighted by Gasteiger charge is -2.33. The molecule has 62 valence electrons. The molecule has 3 rings (SSSR count). The minimum absolute atomic E-state index is 0.0775. The average molecular weight is 152 g/mol. The molecule has 0 saturated heterocycles. The second-order valence-electron chi connectivity index (χ2n) is 4.88. The van der Waals surface area contributed by atoms with E-state index in [1.807, 2.05) is 0 Å². The molecule has 4 atom stereocenters. The van der Waals surface area contributed by atoms with Crippen molar-refractivity contribution in [2.24, 2.45) is 17.3 Å². The van der Waals surface area contributed by atoms with Crippen LogP contribution in [-0.4, -0.2) is 11.2 Å². The van der Waals surface area contributed by atoms with Gasteiger partial charge in [0.25, 0.3) is 0 Å². The summed E-state index contributed by atoms with van der Waals surface area (Å²) in [6.45, 7) is 0. The van der Waals surface area contributed by atoms with E-state index in [9.17, 15) is 5.11 Å². The average Bonchev–Trinajstić information content (AvgIpc) is 2.49. The highest BCUT2D eigenvalue weighted by molar-refractivity contribution is 5.09. The van der Waals surface area contributed by atoms with Crippen molar-refractivity contribution in [2.45, 2.75) is 44.6 Å². The van der Waals surface area contributed by atoms with Crippen molar-refractivity contribution in [3.63, 3.8) is 0 Å². The number of hydrogen-bond acceptors (Lipinski definition) is 1. The fourth-order valence-electron chi connectivity index (χ4n) is 4.12. The lowest BCUT2D eigenvalue weighted by atomic mass is 9.75. The Kier molecular flexibility index (Phi) is 1.07. The minimum Gasteiger partial charge on any atom is -0.393 e. The maximum atomic E-state index is 9.88. The van der Waals surface area contributed by atoms with Gasteiger partial charge in [0.2, 0.25) is 0 Å². The van der Waals surface area contributed by atoms with Crippen molar-refractivity contribution in [2.75, 3.05) is 0 Å². The van der Waals surface area contributed by atoms with Crippen molar-refractivity contribution in [1.29, 1.82) is 0 Å². The minimum atomic E-state index is 0.0775. The van der Waals surface area contributed by atoms with E-state index in [4.69, 9.17) is 0 Å². The van der Waals surface area contributed by atoms with Gasteiger partial charge in [-0.05, 0) is 49.4 Å². The number of hydrogen-bond donors (Lipinski definition) is 1. The van der Waals surface area contributed by atoms with E-state index in [1.165, 1.54) is 32.1 Å². The molecule has 11 heavy (non-hydrogen) atoms. The van der Waals surface area contributed by atoms with E-state index >= 15 is 0 Å². The van der Waals surface area contributed by atoms with Crippen LogP contribution in [0.3, 0.4) is 0 Å². The lowest BCUT2D eigenvalue weighted by molar-refractivity contribution is 0.0173. The SMILES string of the molecule is O[C@H]1C[C@H]2C[C@@H]3CCC[C@]31C2. The Hall–Kier alpha value is -0.0400. The Morgan fingerprint density at radius 2 is 2.18 bits per heavy atom. The van der Waals surface area contributed by atoms with Gasteiger partial charge < -0.3 is 5.11 Å². The number of rotatable bonds is 0. The molecule has 0 aliphatic heterocycles. The predicted molar refractivity (Wildman–Crippen MR) is 43.1 cm³/mol. The topological polar surface area (TPSA) is 20.2 Å². The standard InChI is InChI=1S/C10H16O/c11-9-5-7-4-8-2-1-3-10(8,9)6-7/h7-9,11H,1-6H2/t7-,8+,9+,10+/m1/s1. The Balaban J connectivity index is 2.00. The molecule has 0 aromatic rings. The van der Waals surface area contributed by atoms with Crippen LogP contribution in [0.5, 0.6) is 0 Å². The van der Waals surface area contributed by atoms with Gasteiger partial charge in [-0.2, -0.15) is 0 Å². The van der Waals surface area contributed by atoms with E-state index in [0.29, 0.717) is 5.41 Å². The summed E-state index contributed by atoms with van der Waals surface area (Å²) in [6.07, 6.45) is 8.12. The van der Waals surface area contributed by atoms with Crippen LogP contribution in [0.2, 0.25) is 0 Å². The third kappa shape index (κ3) is 0.618. The van der Waals surface area contributed by atoms with Crippen LogP contribution in [0.4, 0.5) is 0 Å². The summed E-state index contributed by atoms with van der Waals surface area (Å²) >= 11 is 0. The molecule has 1 heteroatoms. The highest BCUT2D eigenvalue weighted by Crippen LogP contribution is 2.64. The van der Waals surface area contributed by atoms with E-state index in [-0.39, 0.29) is 6.10 Å². The fraction of sp³-hybridized carbons (Fsp3) is 1.00. The first kappa shape index (κ1) is 6.47. The van der Waals surface area contributed by atoms with Gasteiger partial charge in [0.05, 0.1) is 6.10 Å². The molecule has 3 aliphatic carbocycles. The zero-order valence-electron chi connectivity index (χ0n) is 6.92. The Labute approximate surface area is 67.8 Å². The lowest BCUT2D eigenvalue weighted by Crippen LogP contribution is -2.33. The molecule has 1 spiro atoms. The third-order valence-electron chi connectivity index (χ3n) is 4.51. The van der Waals surface area contributed by atoms with Crippen molar-refractivity contribution < 1.29 is 5.11 Å². The van der Waals surface area contributed by atoms with E-state index < -0.39 is 0 Å². The molecule has 3 fully saturated rings. The number of fused-ring (bicyclic) bond motifs is 1. The molecule has 0 radical (unpaired) electrons. The molecule has 0 heterocycles. The first-order chi connectivity index (χ1) is 5.31. The van der Waals surface area contributed by atoms with Crippen molar-refractivity contribution in [3.8, 4) is 0 Å². The van der Waals surface area contributed by atoms with Gasteiger partial charge in [-0.15, -0.1) is 0 Å². The third-order valence-corrected chi connectivity index (χ3v) is 4.51. The molecular formula is C10H16O. The van der Waals surface area contributed by atoms with Crippen LogP contribution >= 0.6 is 0 Å². The summed E-state index contributed by atoms with van der Waals surface area (Å²) in [6, 6.07) is 0. The van der Waals surface area contributed by atoms with E-state index in [1.54, 1.807) is 0 Å². The summed E-state index contributed by atoms with van der Waals surface area (Å²) < 4.78 is 0. The Bertz CT molecular complexity index is 189. The van der Waals surface area contributed by atoms with Crippen LogP contribution in [0.15, 0.2) is 0 Å². The van der Waals surface area contributed by atoms with Gasteiger partial charge in [0.15, 0.2) is 0 Å². The first-order valence-corrected chi connectivity index (χ1v) is 4.99. The zero-order chi connectivity index (χ0) is 7.47. The number of aliphatic hydroxyl groups excluding tert-OH is 1. The van der Waals surface area contributed by atoms with Gasteiger partial charge in [0.1, 0.15) is 0 Å². The highest BCUT2D eigenvalue weighted by atomic mass is 16.3. The van der Waals surface area contributed by atoms with E-state index in [2.05, 4.69) is 0 Å². The van der Waals surface area contributed by atoms with Gasteiger partial charge in [-0.25, -0.2) is 0 Å². The van der Waals surface area contributed by atoms with Gasteiger partial charge in [-0.3, -0.25) is 0 Å². The molecule has 0 aromatic heterocycles. The molecule has 0 aromatic carbocycles.